The zero-order valence-electron chi connectivity index (χ0n) is 13.0. The SMILES string of the molecule is CCc1ccc(OCC(=O)NCCCc2ccccc2)cc1. The standard InChI is InChI=1S/C19H23NO2/c1-2-16-10-12-18(13-11-16)22-15-19(21)20-14-6-9-17-7-4-3-5-8-17/h3-5,7-8,10-13H,2,6,9,14-15H2,1H3,(H,20,21). The lowest BCUT2D eigenvalue weighted by Crippen LogP contribution is -2.29. The van der Waals surface area contributed by atoms with Crippen molar-refractivity contribution in [1.82, 2.24) is 5.32 Å². The predicted octanol–water partition coefficient (Wildman–Crippen LogP) is 3.38. The molecule has 116 valence electrons. The number of carbonyl (C=O) groups excluding carboxylic acids is 1. The summed E-state index contributed by atoms with van der Waals surface area (Å²) in [5.74, 6) is 0.657. The Morgan fingerprint density at radius 2 is 1.73 bits per heavy atom. The van der Waals surface area contributed by atoms with Crippen LogP contribution >= 0.6 is 0 Å². The minimum Gasteiger partial charge on any atom is -0.484 e. The van der Waals surface area contributed by atoms with Crippen LogP contribution in [0.4, 0.5) is 0 Å². The van der Waals surface area contributed by atoms with E-state index in [9.17, 15) is 4.79 Å². The van der Waals surface area contributed by atoms with E-state index in [1.165, 1.54) is 11.1 Å². The summed E-state index contributed by atoms with van der Waals surface area (Å²) in [4.78, 5) is 11.7. The molecule has 2 rings (SSSR count). The third-order valence-electron chi connectivity index (χ3n) is 3.51. The molecule has 0 atom stereocenters. The molecule has 0 aliphatic rings. The monoisotopic (exact) mass is 297 g/mol. The van der Waals surface area contributed by atoms with Crippen molar-refractivity contribution < 1.29 is 9.53 Å². The first-order chi connectivity index (χ1) is 10.8. The van der Waals surface area contributed by atoms with Crippen LogP contribution in [0, 0.1) is 0 Å². The summed E-state index contributed by atoms with van der Waals surface area (Å²) < 4.78 is 5.47. The van der Waals surface area contributed by atoms with E-state index >= 15 is 0 Å². The summed E-state index contributed by atoms with van der Waals surface area (Å²) in [6.07, 6.45) is 2.91. The molecular formula is C19H23NO2. The Kier molecular flexibility index (Phi) is 6.49. The van der Waals surface area contributed by atoms with E-state index in [4.69, 9.17) is 4.74 Å². The summed E-state index contributed by atoms with van der Waals surface area (Å²) in [6.45, 7) is 2.85. The highest BCUT2D eigenvalue weighted by Gasteiger charge is 2.02. The minimum absolute atomic E-state index is 0.0663. The van der Waals surface area contributed by atoms with Gasteiger partial charge in [0.05, 0.1) is 0 Å². The molecule has 0 aliphatic heterocycles. The highest BCUT2D eigenvalue weighted by atomic mass is 16.5. The summed E-state index contributed by atoms with van der Waals surface area (Å²) in [5, 5.41) is 2.88. The fourth-order valence-electron chi connectivity index (χ4n) is 2.19. The van der Waals surface area contributed by atoms with Crippen molar-refractivity contribution in [3.05, 3.63) is 65.7 Å². The van der Waals surface area contributed by atoms with Crippen molar-refractivity contribution >= 4 is 5.91 Å². The lowest BCUT2D eigenvalue weighted by molar-refractivity contribution is -0.123. The Balaban J connectivity index is 1.61. The van der Waals surface area contributed by atoms with Crippen LogP contribution in [-0.2, 0) is 17.6 Å². The molecule has 0 unspecified atom stereocenters. The number of ether oxygens (including phenoxy) is 1. The lowest BCUT2D eigenvalue weighted by atomic mass is 10.1. The summed E-state index contributed by atoms with van der Waals surface area (Å²) in [7, 11) is 0. The number of nitrogens with one attached hydrogen (secondary N) is 1. The van der Waals surface area contributed by atoms with Gasteiger partial charge in [0, 0.05) is 6.54 Å². The van der Waals surface area contributed by atoms with E-state index in [1.807, 2.05) is 42.5 Å². The largest absolute Gasteiger partial charge is 0.484 e. The van der Waals surface area contributed by atoms with E-state index in [2.05, 4.69) is 24.4 Å². The van der Waals surface area contributed by atoms with Gasteiger partial charge < -0.3 is 10.1 Å². The summed E-state index contributed by atoms with van der Waals surface area (Å²) in [5.41, 5.74) is 2.56. The molecule has 0 fully saturated rings. The second-order valence-electron chi connectivity index (χ2n) is 5.23. The van der Waals surface area contributed by atoms with E-state index in [1.54, 1.807) is 0 Å². The van der Waals surface area contributed by atoms with Crippen LogP contribution in [0.15, 0.2) is 54.6 Å². The first-order valence-electron chi connectivity index (χ1n) is 7.80. The van der Waals surface area contributed by atoms with Crippen molar-refractivity contribution in [1.29, 1.82) is 0 Å². The Hall–Kier alpha value is -2.29. The van der Waals surface area contributed by atoms with Gasteiger partial charge in [-0.25, -0.2) is 0 Å². The number of hydrogen-bond donors (Lipinski definition) is 1. The molecular weight excluding hydrogens is 274 g/mol. The Morgan fingerprint density at radius 3 is 2.41 bits per heavy atom. The Morgan fingerprint density at radius 1 is 1.00 bits per heavy atom. The number of hydrogen-bond acceptors (Lipinski definition) is 2. The number of benzene rings is 2. The van der Waals surface area contributed by atoms with Crippen LogP contribution in [0.25, 0.3) is 0 Å². The maximum Gasteiger partial charge on any atom is 0.257 e. The van der Waals surface area contributed by atoms with Crippen molar-refractivity contribution in [2.45, 2.75) is 26.2 Å². The fraction of sp³-hybridized carbons (Fsp3) is 0.316. The number of amides is 1. The normalized spacial score (nSPS) is 10.2. The first kappa shape index (κ1) is 16.1. The van der Waals surface area contributed by atoms with Gasteiger partial charge in [-0.05, 0) is 42.5 Å². The number of rotatable bonds is 8. The highest BCUT2D eigenvalue weighted by molar-refractivity contribution is 5.77. The molecule has 0 radical (unpaired) electrons. The third-order valence-corrected chi connectivity index (χ3v) is 3.51. The van der Waals surface area contributed by atoms with Gasteiger partial charge in [-0.1, -0.05) is 49.4 Å². The molecule has 2 aromatic rings. The van der Waals surface area contributed by atoms with E-state index < -0.39 is 0 Å². The van der Waals surface area contributed by atoms with Gasteiger partial charge in [-0.3, -0.25) is 4.79 Å². The fourth-order valence-corrected chi connectivity index (χ4v) is 2.19. The zero-order chi connectivity index (χ0) is 15.6. The second-order valence-corrected chi connectivity index (χ2v) is 5.23. The molecule has 1 amide bonds. The number of aryl methyl sites for hydroxylation is 2. The molecule has 0 spiro atoms. The van der Waals surface area contributed by atoms with Crippen LogP contribution < -0.4 is 10.1 Å². The summed E-state index contributed by atoms with van der Waals surface area (Å²) in [6, 6.07) is 18.1. The maximum atomic E-state index is 11.7. The third kappa shape index (κ3) is 5.60. The van der Waals surface area contributed by atoms with Gasteiger partial charge in [0.2, 0.25) is 0 Å². The summed E-state index contributed by atoms with van der Waals surface area (Å²) >= 11 is 0. The molecule has 0 aliphatic carbocycles. The molecule has 3 heteroatoms. The van der Waals surface area contributed by atoms with E-state index in [0.29, 0.717) is 6.54 Å². The van der Waals surface area contributed by atoms with Crippen LogP contribution in [0.3, 0.4) is 0 Å². The van der Waals surface area contributed by atoms with Crippen LogP contribution in [0.2, 0.25) is 0 Å². The van der Waals surface area contributed by atoms with Gasteiger partial charge >= 0.3 is 0 Å². The lowest BCUT2D eigenvalue weighted by Gasteiger charge is -2.08. The highest BCUT2D eigenvalue weighted by Crippen LogP contribution is 2.12. The van der Waals surface area contributed by atoms with Crippen LogP contribution in [-0.4, -0.2) is 19.1 Å². The molecule has 22 heavy (non-hydrogen) atoms. The van der Waals surface area contributed by atoms with Crippen molar-refractivity contribution in [3.8, 4) is 5.75 Å². The zero-order valence-corrected chi connectivity index (χ0v) is 13.0. The van der Waals surface area contributed by atoms with E-state index in [0.717, 1.165) is 25.0 Å². The van der Waals surface area contributed by atoms with Gasteiger partial charge in [0.1, 0.15) is 5.75 Å². The smallest absolute Gasteiger partial charge is 0.257 e. The quantitative estimate of drug-likeness (QED) is 0.759. The first-order valence-corrected chi connectivity index (χ1v) is 7.80. The van der Waals surface area contributed by atoms with Crippen molar-refractivity contribution in [3.63, 3.8) is 0 Å². The Labute approximate surface area is 132 Å². The maximum absolute atomic E-state index is 11.7. The molecule has 0 heterocycles. The van der Waals surface area contributed by atoms with Gasteiger partial charge in [0.15, 0.2) is 6.61 Å². The van der Waals surface area contributed by atoms with Gasteiger partial charge in [0.25, 0.3) is 5.91 Å². The second kappa shape index (κ2) is 8.88. The van der Waals surface area contributed by atoms with Crippen molar-refractivity contribution in [2.75, 3.05) is 13.2 Å². The molecule has 3 nitrogen and oxygen atoms in total. The van der Waals surface area contributed by atoms with Gasteiger partial charge in [-0.2, -0.15) is 0 Å². The molecule has 0 aromatic heterocycles. The van der Waals surface area contributed by atoms with Gasteiger partial charge in [-0.15, -0.1) is 0 Å². The molecule has 0 saturated carbocycles. The molecule has 0 bridgehead atoms. The molecule has 0 saturated heterocycles. The average Bonchev–Trinajstić information content (AvgIpc) is 2.58. The molecule has 2 aromatic carbocycles. The van der Waals surface area contributed by atoms with E-state index in [-0.39, 0.29) is 12.5 Å². The van der Waals surface area contributed by atoms with Crippen LogP contribution in [0.1, 0.15) is 24.5 Å². The van der Waals surface area contributed by atoms with Crippen LogP contribution in [0.5, 0.6) is 5.75 Å². The minimum atomic E-state index is -0.0763. The Bertz CT molecular complexity index is 564. The molecule has 1 N–H and O–H groups in total. The predicted molar refractivity (Wildman–Crippen MR) is 89.1 cm³/mol. The topological polar surface area (TPSA) is 38.3 Å². The number of carbonyl (C=O) groups is 1. The van der Waals surface area contributed by atoms with Crippen molar-refractivity contribution in [2.24, 2.45) is 0 Å². The average molecular weight is 297 g/mol.